The van der Waals surface area contributed by atoms with Crippen molar-refractivity contribution < 1.29 is 18.0 Å². The Morgan fingerprint density at radius 2 is 2.17 bits per heavy atom. The van der Waals surface area contributed by atoms with Gasteiger partial charge in [0.25, 0.3) is 0 Å². The molecule has 0 bridgehead atoms. The van der Waals surface area contributed by atoms with Crippen LogP contribution < -0.4 is 10.2 Å². The van der Waals surface area contributed by atoms with Gasteiger partial charge in [0.1, 0.15) is 17.0 Å². The fourth-order valence-electron chi connectivity index (χ4n) is 3.00. The van der Waals surface area contributed by atoms with Gasteiger partial charge in [0, 0.05) is 24.0 Å². The van der Waals surface area contributed by atoms with E-state index in [4.69, 9.17) is 0 Å². The van der Waals surface area contributed by atoms with Crippen LogP contribution >= 0.6 is 11.3 Å². The van der Waals surface area contributed by atoms with E-state index in [9.17, 15) is 18.0 Å². The summed E-state index contributed by atoms with van der Waals surface area (Å²) in [7, 11) is 0. The van der Waals surface area contributed by atoms with E-state index in [-0.39, 0.29) is 10.9 Å². The van der Waals surface area contributed by atoms with Crippen molar-refractivity contribution in [1.82, 2.24) is 15.3 Å². The first kappa shape index (κ1) is 16.9. The second-order valence-corrected chi connectivity index (χ2v) is 6.94. The highest BCUT2D eigenvalue weighted by Crippen LogP contribution is 2.34. The molecule has 0 aromatic carbocycles. The summed E-state index contributed by atoms with van der Waals surface area (Å²) in [5.41, 5.74) is 0. The van der Waals surface area contributed by atoms with Crippen molar-refractivity contribution in [2.24, 2.45) is 0 Å². The third-order valence-corrected chi connectivity index (χ3v) is 5.11. The summed E-state index contributed by atoms with van der Waals surface area (Å²) in [4.78, 5) is 21.9. The largest absolute Gasteiger partial charge is 0.393 e. The van der Waals surface area contributed by atoms with Gasteiger partial charge < -0.3 is 10.2 Å². The first-order valence-electron chi connectivity index (χ1n) is 7.71. The molecule has 1 N–H and O–H groups in total. The minimum absolute atomic E-state index is 0.132. The van der Waals surface area contributed by atoms with Crippen molar-refractivity contribution in [2.45, 2.75) is 37.9 Å². The molecule has 3 heterocycles. The van der Waals surface area contributed by atoms with Gasteiger partial charge in [-0.3, -0.25) is 4.79 Å². The normalized spacial score (nSPS) is 19.3. The lowest BCUT2D eigenvalue weighted by Gasteiger charge is -2.22. The van der Waals surface area contributed by atoms with Crippen LogP contribution in [-0.2, 0) is 11.2 Å². The number of alkyl halides is 3. The lowest BCUT2D eigenvalue weighted by Crippen LogP contribution is -2.30. The number of carbonyl (C=O) groups excluding carboxylic acids is 1. The third kappa shape index (κ3) is 3.95. The van der Waals surface area contributed by atoms with Crippen LogP contribution in [0.1, 0.15) is 24.1 Å². The molecule has 1 aliphatic heterocycles. The summed E-state index contributed by atoms with van der Waals surface area (Å²) in [5.74, 6) is 0.677. The minimum Gasteiger partial charge on any atom is -0.356 e. The fourth-order valence-corrected chi connectivity index (χ4v) is 4.02. The van der Waals surface area contributed by atoms with Gasteiger partial charge in [0.05, 0.1) is 11.8 Å². The first-order valence-corrected chi connectivity index (χ1v) is 8.53. The molecule has 1 fully saturated rings. The zero-order valence-corrected chi connectivity index (χ0v) is 13.7. The predicted molar refractivity (Wildman–Crippen MR) is 86.2 cm³/mol. The van der Waals surface area contributed by atoms with Crippen LogP contribution in [0.3, 0.4) is 0 Å². The summed E-state index contributed by atoms with van der Waals surface area (Å²) >= 11 is 1.06. The number of hydrogen-bond acceptors (Lipinski definition) is 5. The Hall–Kier alpha value is -1.90. The molecule has 1 aliphatic rings. The van der Waals surface area contributed by atoms with Crippen molar-refractivity contribution in [2.75, 3.05) is 18.0 Å². The van der Waals surface area contributed by atoms with Crippen molar-refractivity contribution in [3.8, 4) is 0 Å². The second-order valence-electron chi connectivity index (χ2n) is 5.82. The number of nitrogens with zero attached hydrogens (tertiary/aromatic N) is 3. The lowest BCUT2D eigenvalue weighted by molar-refractivity contribution is -0.126. The van der Waals surface area contributed by atoms with E-state index in [0.29, 0.717) is 29.0 Å². The molecule has 1 unspecified atom stereocenters. The van der Waals surface area contributed by atoms with Crippen LogP contribution in [-0.4, -0.2) is 41.7 Å². The van der Waals surface area contributed by atoms with Gasteiger partial charge in [-0.1, -0.05) is 0 Å². The number of rotatable bonds is 4. The van der Waals surface area contributed by atoms with Crippen LogP contribution in [0.5, 0.6) is 0 Å². The van der Waals surface area contributed by atoms with E-state index < -0.39 is 12.6 Å². The third-order valence-electron chi connectivity index (χ3n) is 4.07. The summed E-state index contributed by atoms with van der Waals surface area (Å²) in [6, 6.07) is 1.68. The Labute approximate surface area is 140 Å². The van der Waals surface area contributed by atoms with Crippen LogP contribution in [0, 0.1) is 0 Å². The molecular weight excluding hydrogens is 341 g/mol. The molecule has 1 atom stereocenters. The summed E-state index contributed by atoms with van der Waals surface area (Å²) in [6.45, 7) is 1.45. The Balaban J connectivity index is 1.85. The number of thiophene rings is 1. The molecule has 2 aromatic rings. The molecule has 1 saturated heterocycles. The van der Waals surface area contributed by atoms with Gasteiger partial charge in [-0.15, -0.1) is 11.3 Å². The molecule has 3 rings (SSSR count). The minimum atomic E-state index is -4.23. The quantitative estimate of drug-likeness (QED) is 0.854. The second kappa shape index (κ2) is 6.92. The van der Waals surface area contributed by atoms with Crippen molar-refractivity contribution in [3.05, 3.63) is 17.3 Å². The van der Waals surface area contributed by atoms with Gasteiger partial charge in [-0.25, -0.2) is 9.97 Å². The maximum absolute atomic E-state index is 12.6. The number of carbonyl (C=O) groups is 1. The molecule has 1 amide bonds. The molecule has 24 heavy (non-hydrogen) atoms. The number of fused-ring (bicyclic) bond motifs is 1. The predicted octanol–water partition coefficient (Wildman–Crippen LogP) is 2.90. The topological polar surface area (TPSA) is 58.1 Å². The fraction of sp³-hybridized carbons (Fsp3) is 0.533. The van der Waals surface area contributed by atoms with E-state index in [1.54, 1.807) is 6.07 Å². The van der Waals surface area contributed by atoms with Crippen LogP contribution in [0.25, 0.3) is 10.2 Å². The standard InChI is InChI=1S/C15H17F3N4OS/c16-15(17,18)7-11-6-12-13(19-8-20-14(12)24-11)22-4-1-2-10(3-5-22)21-9-23/h6,8-10H,1-5,7H2,(H,21,23). The molecule has 0 saturated carbocycles. The number of aromatic nitrogens is 2. The molecule has 130 valence electrons. The number of nitrogens with one attached hydrogen (secondary N) is 1. The smallest absolute Gasteiger partial charge is 0.356 e. The number of anilines is 1. The lowest BCUT2D eigenvalue weighted by atomic mass is 10.1. The maximum Gasteiger partial charge on any atom is 0.393 e. The van der Waals surface area contributed by atoms with Gasteiger partial charge in [0.15, 0.2) is 0 Å². The summed E-state index contributed by atoms with van der Waals surface area (Å²) in [6.07, 6.45) is -0.514. The average molecular weight is 358 g/mol. The van der Waals surface area contributed by atoms with Crippen LogP contribution in [0.2, 0.25) is 0 Å². The molecule has 0 aliphatic carbocycles. The zero-order chi connectivity index (χ0) is 17.2. The number of hydrogen-bond donors (Lipinski definition) is 1. The molecule has 0 spiro atoms. The Morgan fingerprint density at radius 1 is 1.33 bits per heavy atom. The highest BCUT2D eigenvalue weighted by molar-refractivity contribution is 7.18. The highest BCUT2D eigenvalue weighted by Gasteiger charge is 2.29. The van der Waals surface area contributed by atoms with E-state index in [2.05, 4.69) is 20.2 Å². The first-order chi connectivity index (χ1) is 11.5. The van der Waals surface area contributed by atoms with Crippen molar-refractivity contribution in [3.63, 3.8) is 0 Å². The van der Waals surface area contributed by atoms with E-state index >= 15 is 0 Å². The monoisotopic (exact) mass is 358 g/mol. The summed E-state index contributed by atoms with van der Waals surface area (Å²) < 4.78 is 37.9. The van der Waals surface area contributed by atoms with E-state index in [1.165, 1.54) is 6.33 Å². The zero-order valence-electron chi connectivity index (χ0n) is 12.8. The van der Waals surface area contributed by atoms with Crippen molar-refractivity contribution in [1.29, 1.82) is 0 Å². The Morgan fingerprint density at radius 3 is 2.92 bits per heavy atom. The van der Waals surface area contributed by atoms with E-state index in [0.717, 1.165) is 37.1 Å². The van der Waals surface area contributed by atoms with Crippen LogP contribution in [0.15, 0.2) is 12.4 Å². The SMILES string of the molecule is O=CNC1CCCN(c2ncnc3sc(CC(F)(F)F)cc23)CC1. The Bertz CT molecular complexity index is 718. The number of amides is 1. The molecule has 5 nitrogen and oxygen atoms in total. The Kier molecular flexibility index (Phi) is 4.88. The summed E-state index contributed by atoms with van der Waals surface area (Å²) in [5, 5.41) is 3.47. The van der Waals surface area contributed by atoms with Gasteiger partial charge in [0.2, 0.25) is 6.41 Å². The van der Waals surface area contributed by atoms with Gasteiger partial charge >= 0.3 is 6.18 Å². The molecule has 9 heteroatoms. The average Bonchev–Trinajstić information content (AvgIpc) is 2.75. The van der Waals surface area contributed by atoms with Gasteiger partial charge in [-0.2, -0.15) is 13.2 Å². The molecular formula is C15H17F3N4OS. The van der Waals surface area contributed by atoms with E-state index in [1.807, 2.05) is 0 Å². The molecule has 0 radical (unpaired) electrons. The van der Waals surface area contributed by atoms with Crippen molar-refractivity contribution >= 4 is 33.8 Å². The number of halogens is 3. The van der Waals surface area contributed by atoms with Crippen LogP contribution in [0.4, 0.5) is 19.0 Å². The molecule has 2 aromatic heterocycles. The maximum atomic E-state index is 12.6. The highest BCUT2D eigenvalue weighted by atomic mass is 32.1. The van der Waals surface area contributed by atoms with Gasteiger partial charge in [-0.05, 0) is 25.3 Å².